The van der Waals surface area contributed by atoms with Gasteiger partial charge in [-0.15, -0.1) is 0 Å². The van der Waals surface area contributed by atoms with Crippen molar-refractivity contribution in [3.05, 3.63) is 57.2 Å². The molecule has 0 spiro atoms. The third kappa shape index (κ3) is 3.35. The maximum atomic E-state index is 11.8. The number of hydrogen-bond donors (Lipinski definition) is 0. The minimum Gasteiger partial charge on any atom is -0.462 e. The fourth-order valence-corrected chi connectivity index (χ4v) is 2.55. The lowest BCUT2D eigenvalue weighted by molar-refractivity contribution is 0.0526. The average molecular weight is 366 g/mol. The van der Waals surface area contributed by atoms with Gasteiger partial charge in [-0.1, -0.05) is 29.8 Å². The quantitative estimate of drug-likeness (QED) is 0.593. The molecule has 0 atom stereocenters. The van der Waals surface area contributed by atoms with Crippen molar-refractivity contribution in [2.75, 3.05) is 6.61 Å². The summed E-state index contributed by atoms with van der Waals surface area (Å²) in [7, 11) is 0. The molecule has 3 heteroatoms. The lowest BCUT2D eigenvalue weighted by atomic mass is 10.0. The highest BCUT2D eigenvalue weighted by Crippen LogP contribution is 2.27. The number of carbonyl (C=O) groups excluding carboxylic acids is 1. The Kier molecular flexibility index (Phi) is 4.58. The van der Waals surface area contributed by atoms with E-state index in [2.05, 4.69) is 47.7 Å². The lowest BCUT2D eigenvalue weighted by Crippen LogP contribution is -2.05. The second kappa shape index (κ2) is 6.19. The van der Waals surface area contributed by atoms with E-state index in [1.165, 1.54) is 5.56 Å². The number of rotatable bonds is 3. The van der Waals surface area contributed by atoms with E-state index in [1.54, 1.807) is 6.07 Å². The molecule has 0 heterocycles. The predicted octanol–water partition coefficient (Wildman–Crippen LogP) is 4.44. The third-order valence-electron chi connectivity index (χ3n) is 2.81. The first kappa shape index (κ1) is 14.1. The third-order valence-corrected chi connectivity index (χ3v) is 3.75. The standard InChI is InChI=1S/C16H15IO2/c1-3-19-16(18)13-7-8-15(17)14(10-13)12-6-4-5-11(2)9-12/h4-10H,3H2,1-2H3. The smallest absolute Gasteiger partial charge is 0.338 e. The molecular formula is C16H15IO2. The zero-order chi connectivity index (χ0) is 13.8. The molecule has 0 saturated heterocycles. The molecule has 0 aliphatic carbocycles. The summed E-state index contributed by atoms with van der Waals surface area (Å²) in [5, 5.41) is 0. The van der Waals surface area contributed by atoms with Gasteiger partial charge in [-0.2, -0.15) is 0 Å². The Bertz CT molecular complexity index is 605. The first-order valence-corrected chi connectivity index (χ1v) is 7.23. The largest absolute Gasteiger partial charge is 0.462 e. The Labute approximate surface area is 126 Å². The van der Waals surface area contributed by atoms with Gasteiger partial charge in [0.05, 0.1) is 12.2 Å². The van der Waals surface area contributed by atoms with Crippen LogP contribution < -0.4 is 0 Å². The molecule has 98 valence electrons. The molecule has 2 nitrogen and oxygen atoms in total. The molecular weight excluding hydrogens is 351 g/mol. The molecule has 0 aromatic heterocycles. The summed E-state index contributed by atoms with van der Waals surface area (Å²) in [6, 6.07) is 13.9. The molecule has 0 aliphatic heterocycles. The summed E-state index contributed by atoms with van der Waals surface area (Å²) in [5.41, 5.74) is 3.99. The molecule has 0 unspecified atom stereocenters. The molecule has 2 rings (SSSR count). The van der Waals surface area contributed by atoms with Crippen molar-refractivity contribution in [2.45, 2.75) is 13.8 Å². The summed E-state index contributed by atoms with van der Waals surface area (Å²) in [5.74, 6) is -0.271. The van der Waals surface area contributed by atoms with Crippen LogP contribution in [0.15, 0.2) is 42.5 Å². The first-order chi connectivity index (χ1) is 9.11. The minimum absolute atomic E-state index is 0.271. The van der Waals surface area contributed by atoms with Crippen LogP contribution in [0.25, 0.3) is 11.1 Å². The summed E-state index contributed by atoms with van der Waals surface area (Å²) < 4.78 is 6.16. The van der Waals surface area contributed by atoms with E-state index in [-0.39, 0.29) is 5.97 Å². The number of esters is 1. The number of benzene rings is 2. The van der Waals surface area contributed by atoms with E-state index < -0.39 is 0 Å². The van der Waals surface area contributed by atoms with Gasteiger partial charge in [-0.3, -0.25) is 0 Å². The van der Waals surface area contributed by atoms with Crippen LogP contribution in [0.5, 0.6) is 0 Å². The Hall–Kier alpha value is -1.36. The van der Waals surface area contributed by atoms with E-state index in [0.29, 0.717) is 12.2 Å². The molecule has 0 fully saturated rings. The van der Waals surface area contributed by atoms with E-state index in [9.17, 15) is 4.79 Å². The molecule has 2 aromatic rings. The van der Waals surface area contributed by atoms with Gasteiger partial charge < -0.3 is 4.74 Å². The van der Waals surface area contributed by atoms with Crippen molar-refractivity contribution in [2.24, 2.45) is 0 Å². The molecule has 0 aliphatic rings. The Morgan fingerprint density at radius 3 is 2.68 bits per heavy atom. The number of halogens is 1. The highest BCUT2D eigenvalue weighted by atomic mass is 127. The second-order valence-electron chi connectivity index (χ2n) is 4.28. The SMILES string of the molecule is CCOC(=O)c1ccc(I)c(-c2cccc(C)c2)c1. The zero-order valence-electron chi connectivity index (χ0n) is 10.9. The summed E-state index contributed by atoms with van der Waals surface area (Å²) in [6.07, 6.45) is 0. The molecule has 0 amide bonds. The van der Waals surface area contributed by atoms with Gasteiger partial charge in [0.25, 0.3) is 0 Å². The minimum atomic E-state index is -0.271. The Balaban J connectivity index is 2.45. The Morgan fingerprint density at radius 2 is 2.00 bits per heavy atom. The van der Waals surface area contributed by atoms with Crippen LogP contribution >= 0.6 is 22.6 Å². The van der Waals surface area contributed by atoms with E-state index in [1.807, 2.05) is 25.1 Å². The van der Waals surface area contributed by atoms with E-state index in [0.717, 1.165) is 14.7 Å². The lowest BCUT2D eigenvalue weighted by Gasteiger charge is -2.08. The monoisotopic (exact) mass is 366 g/mol. The van der Waals surface area contributed by atoms with Crippen molar-refractivity contribution in [1.82, 2.24) is 0 Å². The maximum Gasteiger partial charge on any atom is 0.338 e. The highest BCUT2D eigenvalue weighted by molar-refractivity contribution is 14.1. The highest BCUT2D eigenvalue weighted by Gasteiger charge is 2.10. The molecule has 0 bridgehead atoms. The van der Waals surface area contributed by atoms with Crippen LogP contribution in [0.4, 0.5) is 0 Å². The van der Waals surface area contributed by atoms with Crippen molar-refractivity contribution >= 4 is 28.6 Å². The molecule has 0 radical (unpaired) electrons. The van der Waals surface area contributed by atoms with Gasteiger partial charge >= 0.3 is 5.97 Å². The van der Waals surface area contributed by atoms with Crippen LogP contribution in [0.1, 0.15) is 22.8 Å². The first-order valence-electron chi connectivity index (χ1n) is 6.15. The average Bonchev–Trinajstić information content (AvgIpc) is 2.39. The number of ether oxygens (including phenoxy) is 1. The fraction of sp³-hybridized carbons (Fsp3) is 0.188. The zero-order valence-corrected chi connectivity index (χ0v) is 13.1. The second-order valence-corrected chi connectivity index (χ2v) is 5.45. The number of aryl methyl sites for hydroxylation is 1. The number of carbonyl (C=O) groups is 1. The molecule has 0 N–H and O–H groups in total. The van der Waals surface area contributed by atoms with Crippen LogP contribution in [0.3, 0.4) is 0 Å². The molecule has 19 heavy (non-hydrogen) atoms. The van der Waals surface area contributed by atoms with Crippen molar-refractivity contribution in [3.8, 4) is 11.1 Å². The van der Waals surface area contributed by atoms with Crippen LogP contribution in [0, 0.1) is 10.5 Å². The van der Waals surface area contributed by atoms with Gasteiger partial charge in [0.2, 0.25) is 0 Å². The summed E-state index contributed by atoms with van der Waals surface area (Å²) in [4.78, 5) is 11.8. The molecule has 2 aromatic carbocycles. The van der Waals surface area contributed by atoms with Crippen LogP contribution in [-0.4, -0.2) is 12.6 Å². The summed E-state index contributed by atoms with van der Waals surface area (Å²) >= 11 is 2.28. The van der Waals surface area contributed by atoms with E-state index in [4.69, 9.17) is 4.74 Å². The van der Waals surface area contributed by atoms with Crippen molar-refractivity contribution < 1.29 is 9.53 Å². The Morgan fingerprint density at radius 1 is 1.21 bits per heavy atom. The van der Waals surface area contributed by atoms with Crippen LogP contribution in [0.2, 0.25) is 0 Å². The maximum absolute atomic E-state index is 11.8. The predicted molar refractivity (Wildman–Crippen MR) is 85.3 cm³/mol. The van der Waals surface area contributed by atoms with Gasteiger partial charge in [-0.05, 0) is 65.8 Å². The normalized spacial score (nSPS) is 10.3. The van der Waals surface area contributed by atoms with Gasteiger partial charge in [-0.25, -0.2) is 4.79 Å². The van der Waals surface area contributed by atoms with Crippen LogP contribution in [-0.2, 0) is 4.74 Å². The topological polar surface area (TPSA) is 26.3 Å². The number of hydrogen-bond acceptors (Lipinski definition) is 2. The van der Waals surface area contributed by atoms with E-state index >= 15 is 0 Å². The van der Waals surface area contributed by atoms with Gasteiger partial charge in [0, 0.05) is 3.57 Å². The summed E-state index contributed by atoms with van der Waals surface area (Å²) in [6.45, 7) is 4.27. The van der Waals surface area contributed by atoms with Crippen molar-refractivity contribution in [1.29, 1.82) is 0 Å². The van der Waals surface area contributed by atoms with Crippen molar-refractivity contribution in [3.63, 3.8) is 0 Å². The molecule has 0 saturated carbocycles. The fourth-order valence-electron chi connectivity index (χ4n) is 1.90. The van der Waals surface area contributed by atoms with Gasteiger partial charge in [0.15, 0.2) is 0 Å². The van der Waals surface area contributed by atoms with Gasteiger partial charge in [0.1, 0.15) is 0 Å².